The monoisotopic (exact) mass is 700 g/mol. The molecule has 3 aromatic heterocycles. The Kier molecular flexibility index (Phi) is 6.34. The van der Waals surface area contributed by atoms with Crippen LogP contribution in [0.1, 0.15) is 0 Å². The first-order valence-corrected chi connectivity index (χ1v) is 18.8. The van der Waals surface area contributed by atoms with E-state index < -0.39 is 0 Å². The standard InChI is InChI=1S/C52H32N2O/c1-3-13-33(14-4-1)39-20-11-22-47-51(39)44-31-37(26-28-46(44)54(47)48-23-12-21-41-40-19-9-10-24-50(40)55-52(41)48)36-25-27-45-42(30-36)43-29-34-15-7-8-16-35(34)32-49(43)53(45)38-17-5-2-6-18-38/h1-32H. The number of aromatic nitrogens is 2. The molecule has 256 valence electrons. The van der Waals surface area contributed by atoms with Crippen molar-refractivity contribution in [2.75, 3.05) is 0 Å². The molecule has 0 unspecified atom stereocenters. The van der Waals surface area contributed by atoms with Crippen LogP contribution in [-0.2, 0) is 0 Å². The lowest BCUT2D eigenvalue weighted by atomic mass is 9.97. The summed E-state index contributed by atoms with van der Waals surface area (Å²) in [6.07, 6.45) is 0. The van der Waals surface area contributed by atoms with E-state index in [2.05, 4.69) is 197 Å². The molecule has 12 aromatic rings. The Morgan fingerprint density at radius 3 is 1.80 bits per heavy atom. The topological polar surface area (TPSA) is 23.0 Å². The van der Waals surface area contributed by atoms with Gasteiger partial charge in [0.25, 0.3) is 0 Å². The molecule has 0 aliphatic heterocycles. The average molecular weight is 701 g/mol. The van der Waals surface area contributed by atoms with Crippen LogP contribution in [0.4, 0.5) is 0 Å². The summed E-state index contributed by atoms with van der Waals surface area (Å²) >= 11 is 0. The minimum Gasteiger partial charge on any atom is -0.454 e. The molecule has 0 spiro atoms. The molecular weight excluding hydrogens is 669 g/mol. The molecule has 3 heteroatoms. The quantitative estimate of drug-likeness (QED) is 0.179. The first-order valence-electron chi connectivity index (χ1n) is 18.8. The molecule has 9 aromatic carbocycles. The van der Waals surface area contributed by atoms with Crippen molar-refractivity contribution < 1.29 is 4.42 Å². The maximum absolute atomic E-state index is 6.63. The van der Waals surface area contributed by atoms with E-state index in [0.717, 1.165) is 44.3 Å². The Bertz CT molecular complexity index is 3470. The molecule has 0 saturated carbocycles. The van der Waals surface area contributed by atoms with Gasteiger partial charge < -0.3 is 13.6 Å². The van der Waals surface area contributed by atoms with Crippen molar-refractivity contribution >= 4 is 76.3 Å². The highest BCUT2D eigenvalue weighted by Gasteiger charge is 2.21. The van der Waals surface area contributed by atoms with Crippen LogP contribution in [-0.4, -0.2) is 9.13 Å². The highest BCUT2D eigenvalue weighted by atomic mass is 16.3. The number of nitrogens with zero attached hydrogens (tertiary/aromatic N) is 2. The maximum Gasteiger partial charge on any atom is 0.159 e. The zero-order valence-electron chi connectivity index (χ0n) is 29.8. The van der Waals surface area contributed by atoms with Crippen molar-refractivity contribution in [1.82, 2.24) is 9.13 Å². The molecule has 0 aliphatic carbocycles. The number of furan rings is 1. The number of fused-ring (bicyclic) bond motifs is 10. The van der Waals surface area contributed by atoms with Crippen molar-refractivity contribution in [2.24, 2.45) is 0 Å². The third-order valence-corrected chi connectivity index (χ3v) is 11.5. The largest absolute Gasteiger partial charge is 0.454 e. The van der Waals surface area contributed by atoms with E-state index >= 15 is 0 Å². The van der Waals surface area contributed by atoms with Gasteiger partial charge in [0.2, 0.25) is 0 Å². The predicted octanol–water partition coefficient (Wildman–Crippen LogP) is 14.3. The van der Waals surface area contributed by atoms with Gasteiger partial charge in [-0.1, -0.05) is 127 Å². The Hall–Kier alpha value is -7.36. The number of hydrogen-bond acceptors (Lipinski definition) is 1. The molecule has 12 rings (SSSR count). The van der Waals surface area contributed by atoms with Gasteiger partial charge in [-0.05, 0) is 99.8 Å². The van der Waals surface area contributed by atoms with E-state index in [0.29, 0.717) is 0 Å². The second-order valence-electron chi connectivity index (χ2n) is 14.5. The van der Waals surface area contributed by atoms with E-state index in [-0.39, 0.29) is 0 Å². The van der Waals surface area contributed by atoms with E-state index in [4.69, 9.17) is 4.42 Å². The number of para-hydroxylation sites is 3. The Morgan fingerprint density at radius 2 is 0.982 bits per heavy atom. The van der Waals surface area contributed by atoms with Crippen LogP contribution in [0.3, 0.4) is 0 Å². The van der Waals surface area contributed by atoms with Gasteiger partial charge in [-0.25, -0.2) is 0 Å². The summed E-state index contributed by atoms with van der Waals surface area (Å²) in [5.74, 6) is 0. The molecule has 3 nitrogen and oxygen atoms in total. The van der Waals surface area contributed by atoms with Crippen molar-refractivity contribution in [1.29, 1.82) is 0 Å². The smallest absolute Gasteiger partial charge is 0.159 e. The molecule has 0 bridgehead atoms. The van der Waals surface area contributed by atoms with Gasteiger partial charge in [-0.2, -0.15) is 0 Å². The summed E-state index contributed by atoms with van der Waals surface area (Å²) in [4.78, 5) is 0. The van der Waals surface area contributed by atoms with Crippen LogP contribution in [0.5, 0.6) is 0 Å². The molecule has 0 aliphatic rings. The van der Waals surface area contributed by atoms with Crippen LogP contribution in [0.15, 0.2) is 199 Å². The summed E-state index contributed by atoms with van der Waals surface area (Å²) < 4.78 is 11.4. The molecule has 0 amide bonds. The minimum absolute atomic E-state index is 0.893. The van der Waals surface area contributed by atoms with Crippen LogP contribution >= 0.6 is 0 Å². The molecule has 55 heavy (non-hydrogen) atoms. The molecule has 3 heterocycles. The van der Waals surface area contributed by atoms with Gasteiger partial charge >= 0.3 is 0 Å². The lowest BCUT2D eigenvalue weighted by Crippen LogP contribution is -1.94. The summed E-state index contributed by atoms with van der Waals surface area (Å²) in [5, 5.41) is 9.66. The number of hydrogen-bond donors (Lipinski definition) is 0. The van der Waals surface area contributed by atoms with Gasteiger partial charge in [0.05, 0.1) is 27.8 Å². The second-order valence-corrected chi connectivity index (χ2v) is 14.5. The molecule has 0 N–H and O–H groups in total. The third kappa shape index (κ3) is 4.44. The molecule has 0 fully saturated rings. The number of rotatable bonds is 4. The molecular formula is C52H32N2O. The fourth-order valence-corrected chi connectivity index (χ4v) is 9.02. The average Bonchev–Trinajstić information content (AvgIpc) is 3.90. The Balaban J connectivity index is 1.14. The lowest BCUT2D eigenvalue weighted by Gasteiger charge is -2.10. The summed E-state index contributed by atoms with van der Waals surface area (Å²) in [5.41, 5.74) is 13.5. The number of benzene rings is 9. The van der Waals surface area contributed by atoms with Crippen molar-refractivity contribution in [2.45, 2.75) is 0 Å². The Labute approximate surface area is 316 Å². The normalized spacial score (nSPS) is 12.0. The van der Waals surface area contributed by atoms with Crippen molar-refractivity contribution in [3.05, 3.63) is 194 Å². The Morgan fingerprint density at radius 1 is 0.345 bits per heavy atom. The van der Waals surface area contributed by atoms with Gasteiger partial charge in [0.1, 0.15) is 5.58 Å². The van der Waals surface area contributed by atoms with Gasteiger partial charge in [0, 0.05) is 38.0 Å². The fraction of sp³-hybridized carbons (Fsp3) is 0. The highest BCUT2D eigenvalue weighted by molar-refractivity contribution is 6.19. The molecule has 0 radical (unpaired) electrons. The molecule has 0 saturated heterocycles. The third-order valence-electron chi connectivity index (χ3n) is 11.5. The van der Waals surface area contributed by atoms with E-state index in [1.54, 1.807) is 0 Å². The maximum atomic E-state index is 6.63. The van der Waals surface area contributed by atoms with Crippen LogP contribution < -0.4 is 0 Å². The van der Waals surface area contributed by atoms with E-state index in [9.17, 15) is 0 Å². The highest BCUT2D eigenvalue weighted by Crippen LogP contribution is 2.43. The first-order chi connectivity index (χ1) is 27.3. The fourth-order valence-electron chi connectivity index (χ4n) is 9.02. The van der Waals surface area contributed by atoms with Gasteiger partial charge in [0.15, 0.2) is 5.58 Å². The minimum atomic E-state index is 0.893. The summed E-state index contributed by atoms with van der Waals surface area (Å²) in [6, 6.07) is 70.3. The zero-order chi connectivity index (χ0) is 36.0. The van der Waals surface area contributed by atoms with Crippen molar-refractivity contribution in [3.63, 3.8) is 0 Å². The van der Waals surface area contributed by atoms with Crippen LogP contribution in [0, 0.1) is 0 Å². The second kappa shape index (κ2) is 11.6. The van der Waals surface area contributed by atoms with Crippen LogP contribution in [0.2, 0.25) is 0 Å². The van der Waals surface area contributed by atoms with Crippen LogP contribution in [0.25, 0.3) is 110 Å². The zero-order valence-corrected chi connectivity index (χ0v) is 29.8. The first kappa shape index (κ1) is 30.1. The molecule has 0 atom stereocenters. The van der Waals surface area contributed by atoms with Crippen molar-refractivity contribution in [3.8, 4) is 33.6 Å². The SMILES string of the molecule is c1ccc(-c2cccc3c2c2cc(-c4ccc5c(c4)c4cc6ccccc6cc4n5-c4ccccc4)ccc2n3-c2cccc3c2oc2ccccc23)cc1. The summed E-state index contributed by atoms with van der Waals surface area (Å²) in [6.45, 7) is 0. The van der Waals surface area contributed by atoms with Gasteiger partial charge in [-0.3, -0.25) is 0 Å². The van der Waals surface area contributed by atoms with E-state index in [1.165, 1.54) is 65.6 Å². The van der Waals surface area contributed by atoms with E-state index in [1.807, 2.05) is 6.07 Å². The van der Waals surface area contributed by atoms with Gasteiger partial charge in [-0.15, -0.1) is 0 Å². The summed E-state index contributed by atoms with van der Waals surface area (Å²) in [7, 11) is 0. The predicted molar refractivity (Wildman–Crippen MR) is 231 cm³/mol. The lowest BCUT2D eigenvalue weighted by molar-refractivity contribution is 0.666.